The Labute approximate surface area is 199 Å². The fourth-order valence-corrected chi connectivity index (χ4v) is 4.13. The summed E-state index contributed by atoms with van der Waals surface area (Å²) in [5.74, 6) is 0.814. The number of urea groups is 1. The van der Waals surface area contributed by atoms with Crippen LogP contribution in [0.2, 0.25) is 5.02 Å². The number of benzene rings is 3. The van der Waals surface area contributed by atoms with Crippen LogP contribution in [0.5, 0.6) is 5.75 Å². The van der Waals surface area contributed by atoms with Crippen molar-refractivity contribution in [3.05, 3.63) is 94.1 Å². The molecule has 1 aromatic heterocycles. The van der Waals surface area contributed by atoms with Crippen LogP contribution in [0.25, 0.3) is 10.9 Å². The Balaban J connectivity index is 1.57. The van der Waals surface area contributed by atoms with Gasteiger partial charge in [0.05, 0.1) is 7.11 Å². The number of fused-ring (bicyclic) bond motifs is 1. The SMILES string of the molecule is COc1ccc2[nH]cc(CCN(Cc3ccc(Cl)cc3)C(=O)Nc3c(C)cccc3C)c2c1. The van der Waals surface area contributed by atoms with E-state index in [1.165, 1.54) is 0 Å². The quantitative estimate of drug-likeness (QED) is 0.321. The van der Waals surface area contributed by atoms with E-state index in [1.54, 1.807) is 7.11 Å². The van der Waals surface area contributed by atoms with E-state index in [0.717, 1.165) is 44.6 Å². The molecule has 0 aliphatic carbocycles. The predicted molar refractivity (Wildman–Crippen MR) is 135 cm³/mol. The molecule has 0 unspecified atom stereocenters. The molecule has 0 fully saturated rings. The molecule has 4 aromatic rings. The first-order chi connectivity index (χ1) is 15.9. The van der Waals surface area contributed by atoms with Gasteiger partial charge in [-0.1, -0.05) is 41.9 Å². The van der Waals surface area contributed by atoms with Gasteiger partial charge >= 0.3 is 6.03 Å². The van der Waals surface area contributed by atoms with Crippen LogP contribution in [0.4, 0.5) is 10.5 Å². The Kier molecular flexibility index (Phi) is 6.90. The first kappa shape index (κ1) is 22.7. The summed E-state index contributed by atoms with van der Waals surface area (Å²) in [5.41, 5.74) is 6.16. The zero-order valence-corrected chi connectivity index (χ0v) is 19.9. The highest BCUT2D eigenvalue weighted by Gasteiger charge is 2.17. The number of aromatic amines is 1. The minimum absolute atomic E-state index is 0.125. The minimum Gasteiger partial charge on any atom is -0.497 e. The molecule has 0 spiro atoms. The predicted octanol–water partition coefficient (Wildman–Crippen LogP) is 6.72. The van der Waals surface area contributed by atoms with Crippen LogP contribution in [0.3, 0.4) is 0 Å². The lowest BCUT2D eigenvalue weighted by molar-refractivity contribution is 0.210. The second-order valence-corrected chi connectivity index (χ2v) is 8.66. The van der Waals surface area contributed by atoms with Gasteiger partial charge in [-0.2, -0.15) is 0 Å². The van der Waals surface area contributed by atoms with Gasteiger partial charge < -0.3 is 19.9 Å². The van der Waals surface area contributed by atoms with Crippen LogP contribution in [-0.4, -0.2) is 29.6 Å². The van der Waals surface area contributed by atoms with Crippen molar-refractivity contribution in [2.24, 2.45) is 0 Å². The van der Waals surface area contributed by atoms with E-state index in [2.05, 4.69) is 10.3 Å². The van der Waals surface area contributed by atoms with Crippen LogP contribution in [0.1, 0.15) is 22.3 Å². The number of aromatic nitrogens is 1. The second kappa shape index (κ2) is 10.0. The highest BCUT2D eigenvalue weighted by Crippen LogP contribution is 2.25. The van der Waals surface area contributed by atoms with Crippen molar-refractivity contribution >= 4 is 34.2 Å². The third-order valence-corrected chi connectivity index (χ3v) is 6.16. The van der Waals surface area contributed by atoms with Gasteiger partial charge in [0.25, 0.3) is 0 Å². The van der Waals surface area contributed by atoms with E-state index in [0.29, 0.717) is 24.5 Å². The molecule has 6 heteroatoms. The number of aryl methyl sites for hydroxylation is 2. The summed E-state index contributed by atoms with van der Waals surface area (Å²) in [6.45, 7) is 5.06. The van der Waals surface area contributed by atoms with Crippen molar-refractivity contribution in [3.63, 3.8) is 0 Å². The Morgan fingerprint density at radius 3 is 2.48 bits per heavy atom. The first-order valence-corrected chi connectivity index (χ1v) is 11.3. The number of ether oxygens (including phenoxy) is 1. The van der Waals surface area contributed by atoms with Crippen molar-refractivity contribution in [2.75, 3.05) is 19.0 Å². The van der Waals surface area contributed by atoms with Crippen molar-refractivity contribution in [1.29, 1.82) is 0 Å². The molecule has 0 saturated carbocycles. The summed E-state index contributed by atoms with van der Waals surface area (Å²) in [6.07, 6.45) is 2.72. The maximum Gasteiger partial charge on any atom is 0.322 e. The lowest BCUT2D eigenvalue weighted by atomic mass is 10.1. The van der Waals surface area contributed by atoms with E-state index in [1.807, 2.05) is 85.6 Å². The number of para-hydroxylation sites is 1. The fraction of sp³-hybridized carbons (Fsp3) is 0.222. The summed E-state index contributed by atoms with van der Waals surface area (Å²) in [5, 5.41) is 4.91. The number of amides is 2. The maximum absolute atomic E-state index is 13.4. The zero-order valence-electron chi connectivity index (χ0n) is 19.1. The number of nitrogens with zero attached hydrogens (tertiary/aromatic N) is 1. The number of hydrogen-bond acceptors (Lipinski definition) is 2. The topological polar surface area (TPSA) is 57.4 Å². The number of anilines is 1. The van der Waals surface area contributed by atoms with Gasteiger partial charge in [-0.15, -0.1) is 0 Å². The van der Waals surface area contributed by atoms with Crippen LogP contribution in [-0.2, 0) is 13.0 Å². The normalized spacial score (nSPS) is 10.9. The van der Waals surface area contributed by atoms with Gasteiger partial charge in [-0.05, 0) is 72.9 Å². The number of halogens is 1. The number of nitrogens with one attached hydrogen (secondary N) is 2. The molecule has 5 nitrogen and oxygen atoms in total. The third kappa shape index (κ3) is 5.32. The van der Waals surface area contributed by atoms with Gasteiger partial charge in [0.2, 0.25) is 0 Å². The summed E-state index contributed by atoms with van der Waals surface area (Å²) in [7, 11) is 1.67. The van der Waals surface area contributed by atoms with E-state index < -0.39 is 0 Å². The van der Waals surface area contributed by atoms with Gasteiger partial charge in [-0.25, -0.2) is 4.79 Å². The van der Waals surface area contributed by atoms with Gasteiger partial charge in [0.1, 0.15) is 5.75 Å². The maximum atomic E-state index is 13.4. The van der Waals surface area contributed by atoms with Crippen molar-refractivity contribution in [3.8, 4) is 5.75 Å². The number of rotatable bonds is 7. The number of carbonyl (C=O) groups excluding carboxylic acids is 1. The molecule has 3 aromatic carbocycles. The molecule has 0 saturated heterocycles. The summed E-state index contributed by atoms with van der Waals surface area (Å²) >= 11 is 6.06. The van der Waals surface area contributed by atoms with Crippen LogP contribution in [0, 0.1) is 13.8 Å². The van der Waals surface area contributed by atoms with Crippen molar-refractivity contribution < 1.29 is 9.53 Å². The molecular weight excluding hydrogens is 434 g/mol. The smallest absolute Gasteiger partial charge is 0.322 e. The monoisotopic (exact) mass is 461 g/mol. The third-order valence-electron chi connectivity index (χ3n) is 5.91. The van der Waals surface area contributed by atoms with Gasteiger partial charge in [0.15, 0.2) is 0 Å². The van der Waals surface area contributed by atoms with Crippen LogP contribution >= 0.6 is 11.6 Å². The van der Waals surface area contributed by atoms with E-state index >= 15 is 0 Å². The molecule has 0 radical (unpaired) electrons. The number of H-pyrrole nitrogens is 1. The molecule has 2 N–H and O–H groups in total. The molecule has 33 heavy (non-hydrogen) atoms. The molecule has 4 rings (SSSR count). The summed E-state index contributed by atoms with van der Waals surface area (Å²) in [4.78, 5) is 18.5. The Morgan fingerprint density at radius 2 is 1.79 bits per heavy atom. The molecule has 0 atom stereocenters. The zero-order chi connectivity index (χ0) is 23.4. The molecular formula is C27H28ClN3O2. The van der Waals surface area contributed by atoms with E-state index in [4.69, 9.17) is 16.3 Å². The van der Waals surface area contributed by atoms with Gasteiger partial charge in [-0.3, -0.25) is 0 Å². The fourth-order valence-electron chi connectivity index (χ4n) is 4.01. The average Bonchev–Trinajstić information content (AvgIpc) is 3.22. The van der Waals surface area contributed by atoms with Crippen LogP contribution < -0.4 is 10.1 Å². The highest BCUT2D eigenvalue weighted by atomic mass is 35.5. The Morgan fingerprint density at radius 1 is 1.06 bits per heavy atom. The number of methoxy groups -OCH3 is 1. The first-order valence-electron chi connectivity index (χ1n) is 10.9. The largest absolute Gasteiger partial charge is 0.497 e. The van der Waals surface area contributed by atoms with Gasteiger partial charge in [0, 0.05) is 40.9 Å². The van der Waals surface area contributed by atoms with E-state index in [9.17, 15) is 4.79 Å². The molecule has 0 aliphatic rings. The molecule has 2 amide bonds. The summed E-state index contributed by atoms with van der Waals surface area (Å²) < 4.78 is 5.39. The van der Waals surface area contributed by atoms with E-state index in [-0.39, 0.29) is 6.03 Å². The minimum atomic E-state index is -0.125. The lowest BCUT2D eigenvalue weighted by Crippen LogP contribution is -2.36. The molecule has 0 bridgehead atoms. The Hall–Kier alpha value is -3.44. The van der Waals surface area contributed by atoms with Crippen LogP contribution in [0.15, 0.2) is 66.9 Å². The van der Waals surface area contributed by atoms with Crippen molar-refractivity contribution in [2.45, 2.75) is 26.8 Å². The highest BCUT2D eigenvalue weighted by molar-refractivity contribution is 6.30. The molecule has 1 heterocycles. The average molecular weight is 462 g/mol. The number of carbonyl (C=O) groups is 1. The number of hydrogen-bond donors (Lipinski definition) is 2. The Bertz CT molecular complexity index is 1240. The molecule has 170 valence electrons. The standard InChI is InChI=1S/C27H28ClN3O2/c1-18-5-4-6-19(2)26(18)30-27(32)31(17-20-7-9-22(28)10-8-20)14-13-21-16-29-25-12-11-23(33-3)15-24(21)25/h4-12,15-16,29H,13-14,17H2,1-3H3,(H,30,32). The lowest BCUT2D eigenvalue weighted by Gasteiger charge is -2.24. The second-order valence-electron chi connectivity index (χ2n) is 8.22. The summed E-state index contributed by atoms with van der Waals surface area (Å²) in [6, 6.07) is 19.5. The molecule has 0 aliphatic heterocycles. The van der Waals surface area contributed by atoms with Crippen molar-refractivity contribution in [1.82, 2.24) is 9.88 Å².